The maximum Gasteiger partial charge on any atom is 0.306 e. The number of carbonyl (C=O) groups excluding carboxylic acids is 3. The Morgan fingerprint density at radius 2 is 0.612 bits per heavy atom. The van der Waals surface area contributed by atoms with Crippen molar-refractivity contribution in [1.82, 2.24) is 0 Å². The largest absolute Gasteiger partial charge is 0.462 e. The van der Waals surface area contributed by atoms with Gasteiger partial charge in [-0.25, -0.2) is 0 Å². The number of esters is 3. The predicted molar refractivity (Wildman–Crippen MR) is 288 cm³/mol. The van der Waals surface area contributed by atoms with Gasteiger partial charge in [-0.05, 0) is 89.9 Å². The Labute approximate surface area is 414 Å². The molecule has 0 saturated carbocycles. The Hall–Kier alpha value is -3.41. The second kappa shape index (κ2) is 55.2. The fourth-order valence-electron chi connectivity index (χ4n) is 7.68. The zero-order chi connectivity index (χ0) is 48.6. The summed E-state index contributed by atoms with van der Waals surface area (Å²) in [5.41, 5.74) is 0. The summed E-state index contributed by atoms with van der Waals surface area (Å²) >= 11 is 0. The molecule has 6 heteroatoms. The van der Waals surface area contributed by atoms with Crippen LogP contribution in [0.5, 0.6) is 0 Å². The van der Waals surface area contributed by atoms with E-state index < -0.39 is 6.10 Å². The molecular weight excluding hydrogens is 829 g/mol. The molecule has 0 heterocycles. The minimum Gasteiger partial charge on any atom is -0.462 e. The van der Waals surface area contributed by atoms with Crippen LogP contribution in [0.3, 0.4) is 0 Å². The maximum absolute atomic E-state index is 12.8. The Balaban J connectivity index is 4.43. The standard InChI is InChI=1S/C61H104O6/c1-4-7-10-13-16-19-22-25-27-29-30-32-33-36-39-42-45-48-51-54-60(63)66-57-58(56-65-59(62)53-50-47-44-41-38-35-24-21-18-15-12-9-6-3)67-61(64)55-52-49-46-43-40-37-34-31-28-26-23-20-17-14-11-8-5-2/h7,10,12,15-16,19,21,24-25,27,30,32,36,39,58H,4-6,8-9,11,13-14,17-18,20,22-23,26,28-29,31,33-35,37-38,40-57H2,1-3H3/b10-7-,15-12-,19-16-,24-21-,27-25-,32-30-,39-36-. The summed E-state index contributed by atoms with van der Waals surface area (Å²) in [4.78, 5) is 38.1. The van der Waals surface area contributed by atoms with Crippen LogP contribution in [-0.4, -0.2) is 37.2 Å². The molecule has 0 radical (unpaired) electrons. The van der Waals surface area contributed by atoms with Crippen LogP contribution in [0.25, 0.3) is 0 Å². The molecule has 0 aliphatic carbocycles. The lowest BCUT2D eigenvalue weighted by atomic mass is 10.0. The van der Waals surface area contributed by atoms with Crippen molar-refractivity contribution in [3.8, 4) is 0 Å². The van der Waals surface area contributed by atoms with E-state index in [2.05, 4.69) is 106 Å². The van der Waals surface area contributed by atoms with Crippen molar-refractivity contribution in [1.29, 1.82) is 0 Å². The molecular formula is C61H104O6. The Morgan fingerprint density at radius 1 is 0.313 bits per heavy atom. The van der Waals surface area contributed by atoms with E-state index in [4.69, 9.17) is 14.2 Å². The number of hydrogen-bond acceptors (Lipinski definition) is 6. The fourth-order valence-corrected chi connectivity index (χ4v) is 7.68. The van der Waals surface area contributed by atoms with Crippen molar-refractivity contribution in [2.75, 3.05) is 13.2 Å². The molecule has 0 spiro atoms. The van der Waals surface area contributed by atoms with Crippen molar-refractivity contribution in [2.45, 2.75) is 271 Å². The molecule has 67 heavy (non-hydrogen) atoms. The molecule has 0 bridgehead atoms. The topological polar surface area (TPSA) is 78.9 Å². The smallest absolute Gasteiger partial charge is 0.306 e. The molecule has 0 amide bonds. The summed E-state index contributed by atoms with van der Waals surface area (Å²) in [6, 6.07) is 0. The van der Waals surface area contributed by atoms with Crippen LogP contribution in [0.2, 0.25) is 0 Å². The molecule has 0 fully saturated rings. The second-order valence-electron chi connectivity index (χ2n) is 18.5. The van der Waals surface area contributed by atoms with Crippen LogP contribution in [-0.2, 0) is 28.6 Å². The number of rotatable bonds is 50. The van der Waals surface area contributed by atoms with Gasteiger partial charge < -0.3 is 14.2 Å². The van der Waals surface area contributed by atoms with Crippen molar-refractivity contribution in [3.05, 3.63) is 85.1 Å². The van der Waals surface area contributed by atoms with E-state index in [1.807, 2.05) is 0 Å². The Bertz CT molecular complexity index is 1300. The first-order valence-electron chi connectivity index (χ1n) is 28.1. The van der Waals surface area contributed by atoms with Crippen molar-refractivity contribution < 1.29 is 28.6 Å². The molecule has 6 nitrogen and oxygen atoms in total. The Kier molecular flexibility index (Phi) is 52.4. The highest BCUT2D eigenvalue weighted by Gasteiger charge is 2.19. The summed E-state index contributed by atoms with van der Waals surface area (Å²) in [7, 11) is 0. The third kappa shape index (κ3) is 53.4. The minimum atomic E-state index is -0.795. The number of allylic oxidation sites excluding steroid dienone is 14. The zero-order valence-corrected chi connectivity index (χ0v) is 43.9. The summed E-state index contributed by atoms with van der Waals surface area (Å²) < 4.78 is 16.8. The normalized spacial score (nSPS) is 12.7. The van der Waals surface area contributed by atoms with Gasteiger partial charge in [0.15, 0.2) is 6.10 Å². The van der Waals surface area contributed by atoms with Gasteiger partial charge >= 0.3 is 17.9 Å². The van der Waals surface area contributed by atoms with Gasteiger partial charge in [0, 0.05) is 19.3 Å². The first kappa shape index (κ1) is 63.6. The van der Waals surface area contributed by atoms with Crippen LogP contribution < -0.4 is 0 Å². The molecule has 0 aromatic rings. The summed E-state index contributed by atoms with van der Waals surface area (Å²) in [5.74, 6) is -0.933. The summed E-state index contributed by atoms with van der Waals surface area (Å²) in [5, 5.41) is 0. The monoisotopic (exact) mass is 933 g/mol. The first-order chi connectivity index (χ1) is 33.0. The highest BCUT2D eigenvalue weighted by atomic mass is 16.6. The van der Waals surface area contributed by atoms with Crippen molar-refractivity contribution >= 4 is 17.9 Å². The van der Waals surface area contributed by atoms with Gasteiger partial charge in [0.1, 0.15) is 13.2 Å². The molecule has 0 saturated heterocycles. The third-order valence-electron chi connectivity index (χ3n) is 11.9. The SMILES string of the molecule is CC/C=C\C/C=C\C/C=C\C/C=C\C/C=C\CCCCCC(=O)OCC(COC(=O)CCCCCCC/C=C\C/C=C\CCC)OC(=O)CCCCCCCCCCCCCCCCCCC. The van der Waals surface area contributed by atoms with Crippen LogP contribution >= 0.6 is 0 Å². The first-order valence-corrected chi connectivity index (χ1v) is 28.1. The second-order valence-corrected chi connectivity index (χ2v) is 18.5. The van der Waals surface area contributed by atoms with Gasteiger partial charge in [0.25, 0.3) is 0 Å². The van der Waals surface area contributed by atoms with Crippen LogP contribution in [0.4, 0.5) is 0 Å². The number of hydrogen-bond donors (Lipinski definition) is 0. The highest BCUT2D eigenvalue weighted by molar-refractivity contribution is 5.71. The van der Waals surface area contributed by atoms with E-state index in [9.17, 15) is 14.4 Å². The van der Waals surface area contributed by atoms with E-state index >= 15 is 0 Å². The molecule has 0 aliphatic heterocycles. The molecule has 0 aromatic heterocycles. The minimum absolute atomic E-state index is 0.0931. The van der Waals surface area contributed by atoms with Gasteiger partial charge in [-0.15, -0.1) is 0 Å². The van der Waals surface area contributed by atoms with E-state index in [0.717, 1.165) is 128 Å². The molecule has 0 N–H and O–H groups in total. The molecule has 0 aromatic carbocycles. The van der Waals surface area contributed by atoms with E-state index in [1.165, 1.54) is 96.3 Å². The van der Waals surface area contributed by atoms with Gasteiger partial charge in [-0.2, -0.15) is 0 Å². The van der Waals surface area contributed by atoms with Gasteiger partial charge in [0.05, 0.1) is 0 Å². The van der Waals surface area contributed by atoms with Gasteiger partial charge in [-0.3, -0.25) is 14.4 Å². The lowest BCUT2D eigenvalue weighted by Gasteiger charge is -2.18. The van der Waals surface area contributed by atoms with E-state index in [-0.39, 0.29) is 31.1 Å². The number of unbranched alkanes of at least 4 members (excludes halogenated alkanes) is 25. The highest BCUT2D eigenvalue weighted by Crippen LogP contribution is 2.16. The summed E-state index contributed by atoms with van der Waals surface area (Å²) in [6.45, 7) is 6.44. The predicted octanol–water partition coefficient (Wildman–Crippen LogP) is 18.8. The fraction of sp³-hybridized carbons (Fsp3) is 0.721. The van der Waals surface area contributed by atoms with Gasteiger partial charge in [0.2, 0.25) is 0 Å². The number of ether oxygens (including phenoxy) is 3. The van der Waals surface area contributed by atoms with E-state index in [0.29, 0.717) is 19.3 Å². The maximum atomic E-state index is 12.8. The molecule has 384 valence electrons. The Morgan fingerprint density at radius 3 is 0.985 bits per heavy atom. The molecule has 1 atom stereocenters. The van der Waals surface area contributed by atoms with E-state index in [1.54, 1.807) is 0 Å². The lowest BCUT2D eigenvalue weighted by molar-refractivity contribution is -0.167. The zero-order valence-electron chi connectivity index (χ0n) is 43.9. The average molecular weight is 933 g/mol. The van der Waals surface area contributed by atoms with Crippen molar-refractivity contribution in [2.24, 2.45) is 0 Å². The lowest BCUT2D eigenvalue weighted by Crippen LogP contribution is -2.30. The molecule has 0 aliphatic rings. The average Bonchev–Trinajstić information content (AvgIpc) is 3.33. The van der Waals surface area contributed by atoms with Gasteiger partial charge in [-0.1, -0.05) is 241 Å². The van der Waals surface area contributed by atoms with Crippen LogP contribution in [0.1, 0.15) is 265 Å². The van der Waals surface area contributed by atoms with Crippen LogP contribution in [0.15, 0.2) is 85.1 Å². The van der Waals surface area contributed by atoms with Crippen LogP contribution in [0, 0.1) is 0 Å². The summed E-state index contributed by atoms with van der Waals surface area (Å²) in [6.07, 6.45) is 71.4. The molecule has 0 rings (SSSR count). The van der Waals surface area contributed by atoms with Crippen molar-refractivity contribution in [3.63, 3.8) is 0 Å². The quantitative estimate of drug-likeness (QED) is 0.0262. The molecule has 1 unspecified atom stereocenters. The number of carbonyl (C=O) groups is 3. The third-order valence-corrected chi connectivity index (χ3v) is 11.9.